The highest BCUT2D eigenvalue weighted by atomic mass is 32.2. The van der Waals surface area contributed by atoms with E-state index < -0.39 is 0 Å². The molecule has 1 aromatic heterocycles. The molecule has 0 radical (unpaired) electrons. The van der Waals surface area contributed by atoms with Crippen molar-refractivity contribution < 1.29 is 14.2 Å². The van der Waals surface area contributed by atoms with E-state index in [1.54, 1.807) is 0 Å². The molecule has 0 spiro atoms. The molecule has 1 fully saturated rings. The molecule has 2 aliphatic rings. The first-order chi connectivity index (χ1) is 12.3. The van der Waals surface area contributed by atoms with Crippen LogP contribution in [0.25, 0.3) is 0 Å². The largest absolute Gasteiger partial charge is 0.493 e. The zero-order chi connectivity index (χ0) is 17.1. The standard InChI is InChI=1S/C18H20N2O4S/c21-17-15(24-16-3-1-2-7-23-16)10-19-18(20-17)25-11-12-4-5-14-13(9-12)6-8-22-14/h4-5,9-10,16H,1-3,6-8,11H2,(H,19,20,21). The highest BCUT2D eigenvalue weighted by molar-refractivity contribution is 7.98. The number of aromatic nitrogens is 2. The van der Waals surface area contributed by atoms with Crippen LogP contribution in [0.4, 0.5) is 0 Å². The van der Waals surface area contributed by atoms with Crippen LogP contribution in [0.5, 0.6) is 11.5 Å². The van der Waals surface area contributed by atoms with Crippen LogP contribution in [0.15, 0.2) is 34.3 Å². The first kappa shape index (κ1) is 16.5. The summed E-state index contributed by atoms with van der Waals surface area (Å²) in [5.74, 6) is 1.93. The van der Waals surface area contributed by atoms with Crippen LogP contribution in [0, 0.1) is 0 Å². The second-order valence-corrected chi connectivity index (χ2v) is 7.09. The SMILES string of the molecule is O=c1[nH]c(SCc2ccc3c(c2)CCO3)ncc1OC1CCCCO1. The first-order valence-corrected chi connectivity index (χ1v) is 9.51. The molecule has 6 nitrogen and oxygen atoms in total. The highest BCUT2D eigenvalue weighted by Crippen LogP contribution is 2.28. The van der Waals surface area contributed by atoms with E-state index in [4.69, 9.17) is 14.2 Å². The monoisotopic (exact) mass is 360 g/mol. The van der Waals surface area contributed by atoms with Gasteiger partial charge in [-0.05, 0) is 30.0 Å². The maximum atomic E-state index is 12.2. The van der Waals surface area contributed by atoms with E-state index in [-0.39, 0.29) is 17.6 Å². The summed E-state index contributed by atoms with van der Waals surface area (Å²) in [4.78, 5) is 19.2. The quantitative estimate of drug-likeness (QED) is 0.653. The van der Waals surface area contributed by atoms with Crippen molar-refractivity contribution in [1.29, 1.82) is 0 Å². The average Bonchev–Trinajstić information content (AvgIpc) is 3.11. The third-order valence-corrected chi connectivity index (χ3v) is 5.23. The molecule has 0 aliphatic carbocycles. The highest BCUT2D eigenvalue weighted by Gasteiger charge is 2.17. The van der Waals surface area contributed by atoms with E-state index in [2.05, 4.69) is 16.0 Å². The Bertz CT molecular complexity index is 802. The van der Waals surface area contributed by atoms with Gasteiger partial charge in [0, 0.05) is 18.6 Å². The van der Waals surface area contributed by atoms with Crippen molar-refractivity contribution >= 4 is 11.8 Å². The van der Waals surface area contributed by atoms with Crippen LogP contribution < -0.4 is 15.0 Å². The van der Waals surface area contributed by atoms with Gasteiger partial charge < -0.3 is 14.2 Å². The number of nitrogens with one attached hydrogen (secondary N) is 1. The fraction of sp³-hybridized carbons (Fsp3) is 0.444. The molecule has 2 aromatic rings. The number of hydrogen-bond donors (Lipinski definition) is 1. The van der Waals surface area contributed by atoms with E-state index in [1.165, 1.54) is 29.1 Å². The molecule has 2 aliphatic heterocycles. The van der Waals surface area contributed by atoms with Gasteiger partial charge in [-0.2, -0.15) is 0 Å². The van der Waals surface area contributed by atoms with Crippen LogP contribution >= 0.6 is 11.8 Å². The molecule has 3 heterocycles. The molecular weight excluding hydrogens is 340 g/mol. The van der Waals surface area contributed by atoms with Crippen molar-refractivity contribution in [2.24, 2.45) is 0 Å². The number of benzene rings is 1. The Morgan fingerprint density at radius 2 is 2.28 bits per heavy atom. The summed E-state index contributed by atoms with van der Waals surface area (Å²) in [6.07, 6.45) is 4.99. The van der Waals surface area contributed by atoms with Gasteiger partial charge in [-0.15, -0.1) is 0 Å². The Morgan fingerprint density at radius 1 is 1.32 bits per heavy atom. The van der Waals surface area contributed by atoms with Crippen LogP contribution in [-0.2, 0) is 16.9 Å². The van der Waals surface area contributed by atoms with Crippen molar-refractivity contribution in [3.63, 3.8) is 0 Å². The summed E-state index contributed by atoms with van der Waals surface area (Å²) >= 11 is 1.49. The van der Waals surface area contributed by atoms with E-state index >= 15 is 0 Å². The van der Waals surface area contributed by atoms with Crippen LogP contribution in [0.3, 0.4) is 0 Å². The number of nitrogens with zero attached hydrogens (tertiary/aromatic N) is 1. The van der Waals surface area contributed by atoms with Gasteiger partial charge in [0.15, 0.2) is 11.4 Å². The summed E-state index contributed by atoms with van der Waals surface area (Å²) in [7, 11) is 0. The molecule has 1 saturated heterocycles. The smallest absolute Gasteiger partial charge is 0.294 e. The van der Waals surface area contributed by atoms with Crippen LogP contribution in [0.2, 0.25) is 0 Å². The van der Waals surface area contributed by atoms with Crippen molar-refractivity contribution in [3.8, 4) is 11.5 Å². The van der Waals surface area contributed by atoms with Gasteiger partial charge in [0.05, 0.1) is 19.4 Å². The normalized spacial score (nSPS) is 19.3. The lowest BCUT2D eigenvalue weighted by Crippen LogP contribution is -2.27. The van der Waals surface area contributed by atoms with Crippen molar-refractivity contribution in [2.75, 3.05) is 13.2 Å². The van der Waals surface area contributed by atoms with Crippen molar-refractivity contribution in [2.45, 2.75) is 42.9 Å². The molecule has 4 rings (SSSR count). The Labute approximate surface area is 149 Å². The molecule has 25 heavy (non-hydrogen) atoms. The van der Waals surface area contributed by atoms with Crippen LogP contribution in [0.1, 0.15) is 30.4 Å². The van der Waals surface area contributed by atoms with Gasteiger partial charge >= 0.3 is 0 Å². The van der Waals surface area contributed by atoms with Gasteiger partial charge in [0.2, 0.25) is 5.75 Å². The third kappa shape index (κ3) is 3.99. The Balaban J connectivity index is 1.38. The average molecular weight is 360 g/mol. The zero-order valence-corrected chi connectivity index (χ0v) is 14.6. The van der Waals surface area contributed by atoms with Gasteiger partial charge in [0.1, 0.15) is 5.75 Å². The molecule has 1 unspecified atom stereocenters. The molecule has 132 valence electrons. The zero-order valence-electron chi connectivity index (χ0n) is 13.8. The van der Waals surface area contributed by atoms with Gasteiger partial charge in [-0.3, -0.25) is 9.78 Å². The van der Waals surface area contributed by atoms with E-state index in [0.29, 0.717) is 11.8 Å². The molecule has 0 bridgehead atoms. The lowest BCUT2D eigenvalue weighted by Gasteiger charge is -2.22. The van der Waals surface area contributed by atoms with E-state index in [0.717, 1.165) is 43.8 Å². The van der Waals surface area contributed by atoms with E-state index in [1.807, 2.05) is 12.1 Å². The Morgan fingerprint density at radius 3 is 3.12 bits per heavy atom. The molecular formula is C18H20N2O4S. The first-order valence-electron chi connectivity index (χ1n) is 8.53. The second kappa shape index (κ2) is 7.49. The number of thioether (sulfide) groups is 1. The van der Waals surface area contributed by atoms with E-state index in [9.17, 15) is 4.79 Å². The summed E-state index contributed by atoms with van der Waals surface area (Å²) in [6, 6.07) is 6.22. The topological polar surface area (TPSA) is 73.4 Å². The summed E-state index contributed by atoms with van der Waals surface area (Å²) < 4.78 is 16.6. The van der Waals surface area contributed by atoms with Crippen LogP contribution in [-0.4, -0.2) is 29.5 Å². The summed E-state index contributed by atoms with van der Waals surface area (Å²) in [5, 5.41) is 0.582. The predicted molar refractivity (Wildman–Crippen MR) is 94.3 cm³/mol. The molecule has 0 amide bonds. The minimum Gasteiger partial charge on any atom is -0.493 e. The minimum absolute atomic E-state index is 0.214. The maximum absolute atomic E-state index is 12.2. The van der Waals surface area contributed by atoms with Crippen molar-refractivity contribution in [1.82, 2.24) is 9.97 Å². The summed E-state index contributed by atoms with van der Waals surface area (Å²) in [6.45, 7) is 1.43. The molecule has 0 saturated carbocycles. The predicted octanol–water partition coefficient (Wildman–Crippen LogP) is 2.90. The number of hydrogen-bond acceptors (Lipinski definition) is 6. The fourth-order valence-corrected chi connectivity index (χ4v) is 3.73. The van der Waals surface area contributed by atoms with Gasteiger partial charge in [-0.1, -0.05) is 23.9 Å². The lowest BCUT2D eigenvalue weighted by molar-refractivity contribution is -0.106. The minimum atomic E-state index is -0.344. The molecule has 1 N–H and O–H groups in total. The Kier molecular flexibility index (Phi) is 4.94. The summed E-state index contributed by atoms with van der Waals surface area (Å²) in [5.41, 5.74) is 2.16. The number of ether oxygens (including phenoxy) is 3. The maximum Gasteiger partial charge on any atom is 0.294 e. The number of fused-ring (bicyclic) bond motifs is 1. The number of aromatic amines is 1. The number of H-pyrrole nitrogens is 1. The fourth-order valence-electron chi connectivity index (χ4n) is 2.95. The van der Waals surface area contributed by atoms with Gasteiger partial charge in [0.25, 0.3) is 5.56 Å². The Hall–Kier alpha value is -1.99. The second-order valence-electron chi connectivity index (χ2n) is 6.12. The van der Waals surface area contributed by atoms with Gasteiger partial charge in [-0.25, -0.2) is 4.98 Å². The third-order valence-electron chi connectivity index (χ3n) is 4.27. The van der Waals surface area contributed by atoms with Crippen molar-refractivity contribution in [3.05, 3.63) is 45.9 Å². The molecule has 7 heteroatoms. The molecule has 1 atom stereocenters. The lowest BCUT2D eigenvalue weighted by atomic mass is 10.1. The molecule has 1 aromatic carbocycles. The number of rotatable bonds is 5.